The van der Waals surface area contributed by atoms with Crippen molar-refractivity contribution in [3.05, 3.63) is 52.2 Å². The van der Waals surface area contributed by atoms with Crippen LogP contribution in [-0.2, 0) is 0 Å². The van der Waals surface area contributed by atoms with E-state index in [0.717, 1.165) is 0 Å². The molecule has 0 aliphatic carbocycles. The molecule has 1 aromatic heterocycles. The predicted octanol–water partition coefficient (Wildman–Crippen LogP) is 2.33. The van der Waals surface area contributed by atoms with Gasteiger partial charge in [-0.1, -0.05) is 18.2 Å². The van der Waals surface area contributed by atoms with Crippen molar-refractivity contribution >= 4 is 11.3 Å². The van der Waals surface area contributed by atoms with E-state index in [-0.39, 0.29) is 5.82 Å². The molecule has 2 aromatic rings. The van der Waals surface area contributed by atoms with Crippen LogP contribution in [0, 0.1) is 5.82 Å². The number of thiazole rings is 1. The van der Waals surface area contributed by atoms with Crippen molar-refractivity contribution in [1.82, 2.24) is 4.98 Å². The lowest BCUT2D eigenvalue weighted by Gasteiger charge is -2.09. The summed E-state index contributed by atoms with van der Waals surface area (Å²) >= 11 is 1.45. The van der Waals surface area contributed by atoms with Crippen molar-refractivity contribution in [2.75, 3.05) is 0 Å². The fourth-order valence-corrected chi connectivity index (χ4v) is 1.85. The Kier molecular flexibility index (Phi) is 2.56. The topological polar surface area (TPSA) is 38.9 Å². The largest absolute Gasteiger partial charge is 0.319 e. The number of aromatic nitrogens is 1. The van der Waals surface area contributed by atoms with E-state index in [2.05, 4.69) is 4.98 Å². The molecule has 0 saturated heterocycles. The third-order valence-electron chi connectivity index (χ3n) is 2.01. The minimum absolute atomic E-state index is 0.284. The Morgan fingerprint density at radius 3 is 2.79 bits per heavy atom. The van der Waals surface area contributed by atoms with E-state index in [9.17, 15) is 4.39 Å². The Bertz CT molecular complexity index is 414. The van der Waals surface area contributed by atoms with E-state index in [1.807, 2.05) is 5.38 Å². The monoisotopic (exact) mass is 208 g/mol. The lowest BCUT2D eigenvalue weighted by molar-refractivity contribution is 0.598. The third kappa shape index (κ3) is 1.66. The van der Waals surface area contributed by atoms with Gasteiger partial charge in [0.2, 0.25) is 0 Å². The molecule has 1 heterocycles. The molecule has 0 fully saturated rings. The second kappa shape index (κ2) is 3.86. The first-order valence-corrected chi connectivity index (χ1v) is 5.11. The molecule has 14 heavy (non-hydrogen) atoms. The molecule has 0 spiro atoms. The summed E-state index contributed by atoms with van der Waals surface area (Å²) < 4.78 is 13.3. The second-order valence-corrected chi connectivity index (χ2v) is 3.63. The Morgan fingerprint density at radius 1 is 1.36 bits per heavy atom. The van der Waals surface area contributed by atoms with Crippen LogP contribution in [0.25, 0.3) is 0 Å². The van der Waals surface area contributed by atoms with Crippen molar-refractivity contribution in [1.29, 1.82) is 0 Å². The maximum absolute atomic E-state index is 13.3. The molecule has 1 aromatic carbocycles. The van der Waals surface area contributed by atoms with Crippen molar-refractivity contribution in [2.24, 2.45) is 5.73 Å². The minimum atomic E-state index is -0.470. The summed E-state index contributed by atoms with van der Waals surface area (Å²) in [6.07, 6.45) is 0. The van der Waals surface area contributed by atoms with Gasteiger partial charge in [0.1, 0.15) is 5.82 Å². The fraction of sp³-hybridized carbons (Fsp3) is 0.100. The van der Waals surface area contributed by atoms with E-state index in [4.69, 9.17) is 5.73 Å². The molecule has 0 bridgehead atoms. The minimum Gasteiger partial charge on any atom is -0.319 e. The molecular weight excluding hydrogens is 199 g/mol. The highest BCUT2D eigenvalue weighted by molar-refractivity contribution is 7.07. The van der Waals surface area contributed by atoms with E-state index in [0.29, 0.717) is 11.3 Å². The van der Waals surface area contributed by atoms with E-state index >= 15 is 0 Å². The number of hydrogen-bond acceptors (Lipinski definition) is 3. The first kappa shape index (κ1) is 9.30. The van der Waals surface area contributed by atoms with Crippen molar-refractivity contribution in [3.63, 3.8) is 0 Å². The third-order valence-corrected chi connectivity index (χ3v) is 2.62. The van der Waals surface area contributed by atoms with Crippen LogP contribution >= 0.6 is 11.3 Å². The van der Waals surface area contributed by atoms with Crippen LogP contribution in [0.4, 0.5) is 4.39 Å². The number of nitrogens with two attached hydrogens (primary N) is 1. The maximum atomic E-state index is 13.3. The highest BCUT2D eigenvalue weighted by Crippen LogP contribution is 2.21. The number of benzene rings is 1. The molecule has 2 N–H and O–H groups in total. The zero-order valence-corrected chi connectivity index (χ0v) is 8.17. The van der Waals surface area contributed by atoms with Crippen LogP contribution in [0.2, 0.25) is 0 Å². The standard InChI is InChI=1S/C10H9FN2S/c11-8-4-2-1-3-7(8)10(12)9-5-14-6-13-9/h1-6,10H,12H2. The van der Waals surface area contributed by atoms with E-state index in [1.165, 1.54) is 17.4 Å². The Labute approximate surface area is 85.2 Å². The first-order chi connectivity index (χ1) is 6.79. The summed E-state index contributed by atoms with van der Waals surface area (Å²) in [6, 6.07) is 6.03. The fourth-order valence-electron chi connectivity index (χ4n) is 1.26. The van der Waals surface area contributed by atoms with Gasteiger partial charge in [-0.15, -0.1) is 11.3 Å². The first-order valence-electron chi connectivity index (χ1n) is 4.17. The lowest BCUT2D eigenvalue weighted by Crippen LogP contribution is -2.13. The average Bonchev–Trinajstić information content (AvgIpc) is 2.70. The quantitative estimate of drug-likeness (QED) is 0.822. The Morgan fingerprint density at radius 2 is 2.14 bits per heavy atom. The lowest BCUT2D eigenvalue weighted by atomic mass is 10.1. The van der Waals surface area contributed by atoms with Gasteiger partial charge in [-0.05, 0) is 6.07 Å². The molecule has 4 heteroatoms. The van der Waals surface area contributed by atoms with Crippen LogP contribution in [0.15, 0.2) is 35.2 Å². The van der Waals surface area contributed by atoms with Crippen LogP contribution < -0.4 is 5.73 Å². The summed E-state index contributed by atoms with van der Waals surface area (Å²) in [5, 5.41) is 1.83. The summed E-state index contributed by atoms with van der Waals surface area (Å²) in [5.74, 6) is -0.284. The van der Waals surface area contributed by atoms with Gasteiger partial charge in [0.05, 0.1) is 17.2 Å². The second-order valence-electron chi connectivity index (χ2n) is 2.91. The molecule has 2 nitrogen and oxygen atoms in total. The van der Waals surface area contributed by atoms with Gasteiger partial charge in [0.25, 0.3) is 0 Å². The van der Waals surface area contributed by atoms with Crippen molar-refractivity contribution < 1.29 is 4.39 Å². The zero-order chi connectivity index (χ0) is 9.97. The molecule has 0 aliphatic rings. The molecule has 0 radical (unpaired) electrons. The maximum Gasteiger partial charge on any atom is 0.128 e. The Balaban J connectivity index is 2.37. The van der Waals surface area contributed by atoms with Crippen molar-refractivity contribution in [3.8, 4) is 0 Å². The van der Waals surface area contributed by atoms with Crippen LogP contribution in [0.5, 0.6) is 0 Å². The molecule has 0 saturated carbocycles. The summed E-state index contributed by atoms with van der Waals surface area (Å²) in [7, 11) is 0. The normalized spacial score (nSPS) is 12.7. The molecule has 72 valence electrons. The number of nitrogens with zero attached hydrogens (tertiary/aromatic N) is 1. The van der Waals surface area contributed by atoms with Gasteiger partial charge in [0.15, 0.2) is 0 Å². The van der Waals surface area contributed by atoms with E-state index < -0.39 is 6.04 Å². The zero-order valence-electron chi connectivity index (χ0n) is 7.35. The molecule has 2 rings (SSSR count). The number of halogens is 1. The molecule has 1 unspecified atom stereocenters. The van der Waals surface area contributed by atoms with Crippen molar-refractivity contribution in [2.45, 2.75) is 6.04 Å². The predicted molar refractivity (Wildman–Crippen MR) is 54.5 cm³/mol. The molecule has 1 atom stereocenters. The average molecular weight is 208 g/mol. The van der Waals surface area contributed by atoms with Gasteiger partial charge in [-0.25, -0.2) is 9.37 Å². The van der Waals surface area contributed by atoms with Gasteiger partial charge in [-0.3, -0.25) is 0 Å². The van der Waals surface area contributed by atoms with Gasteiger partial charge < -0.3 is 5.73 Å². The number of rotatable bonds is 2. The number of hydrogen-bond donors (Lipinski definition) is 1. The molecule has 0 aliphatic heterocycles. The Hall–Kier alpha value is -1.26. The smallest absolute Gasteiger partial charge is 0.128 e. The van der Waals surface area contributed by atoms with Gasteiger partial charge in [-0.2, -0.15) is 0 Å². The molecular formula is C10H9FN2S. The summed E-state index contributed by atoms with van der Waals surface area (Å²) in [6.45, 7) is 0. The highest BCUT2D eigenvalue weighted by Gasteiger charge is 2.13. The van der Waals surface area contributed by atoms with Crippen LogP contribution in [0.3, 0.4) is 0 Å². The summed E-state index contributed by atoms with van der Waals surface area (Å²) in [4.78, 5) is 4.06. The van der Waals surface area contributed by atoms with Gasteiger partial charge in [0, 0.05) is 10.9 Å². The van der Waals surface area contributed by atoms with Crippen LogP contribution in [0.1, 0.15) is 17.3 Å². The SMILES string of the molecule is NC(c1cscn1)c1ccccc1F. The van der Waals surface area contributed by atoms with Gasteiger partial charge >= 0.3 is 0 Å². The molecule has 0 amide bonds. The highest BCUT2D eigenvalue weighted by atomic mass is 32.1. The van der Waals surface area contributed by atoms with Crippen LogP contribution in [-0.4, -0.2) is 4.98 Å². The summed E-state index contributed by atoms with van der Waals surface area (Å²) in [5.41, 5.74) is 8.75. The van der Waals surface area contributed by atoms with E-state index in [1.54, 1.807) is 23.7 Å².